The highest BCUT2D eigenvalue weighted by Gasteiger charge is 2.49. The average Bonchev–Trinajstić information content (AvgIpc) is 2.89. The molecule has 200 valence electrons. The maximum atomic E-state index is 12.7. The SMILES string of the molecule is C=CCCCCC(=O)OCC1O[C@@H](Sc2ccccc2)[C@H](OC)[C@@H](OC)[C@@H]1OC(=O)CCCCC=C. The van der Waals surface area contributed by atoms with Crippen LogP contribution in [0.25, 0.3) is 0 Å². The number of esters is 2. The lowest BCUT2D eigenvalue weighted by Gasteiger charge is -2.44. The second-order valence-corrected chi connectivity index (χ2v) is 9.75. The summed E-state index contributed by atoms with van der Waals surface area (Å²) in [5, 5.41) is 0. The van der Waals surface area contributed by atoms with Crippen molar-refractivity contribution in [1.29, 1.82) is 0 Å². The van der Waals surface area contributed by atoms with Crippen LogP contribution in [0.3, 0.4) is 0 Å². The van der Waals surface area contributed by atoms with Gasteiger partial charge >= 0.3 is 11.9 Å². The number of ether oxygens (including phenoxy) is 5. The van der Waals surface area contributed by atoms with Gasteiger partial charge in [0.25, 0.3) is 0 Å². The monoisotopic (exact) mass is 520 g/mol. The lowest BCUT2D eigenvalue weighted by atomic mass is 9.99. The third kappa shape index (κ3) is 10.1. The second kappa shape index (κ2) is 17.3. The number of unbranched alkanes of at least 4 members (excludes halogenated alkanes) is 4. The molecule has 1 saturated heterocycles. The summed E-state index contributed by atoms with van der Waals surface area (Å²) in [6, 6.07) is 9.80. The number of benzene rings is 1. The third-order valence-electron chi connectivity index (χ3n) is 5.89. The molecule has 0 radical (unpaired) electrons. The van der Waals surface area contributed by atoms with Crippen LogP contribution in [-0.2, 0) is 33.3 Å². The fourth-order valence-corrected chi connectivity index (χ4v) is 5.15. The van der Waals surface area contributed by atoms with Crippen molar-refractivity contribution in [1.82, 2.24) is 0 Å². The van der Waals surface area contributed by atoms with Gasteiger partial charge in [0.05, 0.1) is 0 Å². The Bertz CT molecular complexity index is 800. The molecule has 0 N–H and O–H groups in total. The number of rotatable bonds is 17. The number of carbonyl (C=O) groups is 2. The van der Waals surface area contributed by atoms with Gasteiger partial charge in [-0.2, -0.15) is 0 Å². The van der Waals surface area contributed by atoms with E-state index in [1.54, 1.807) is 14.2 Å². The Labute approximate surface area is 219 Å². The molecule has 1 unspecified atom stereocenters. The van der Waals surface area contributed by atoms with E-state index in [9.17, 15) is 9.59 Å². The van der Waals surface area contributed by atoms with Crippen LogP contribution in [-0.4, -0.2) is 62.6 Å². The highest BCUT2D eigenvalue weighted by Crippen LogP contribution is 2.37. The third-order valence-corrected chi connectivity index (χ3v) is 7.04. The van der Waals surface area contributed by atoms with Crippen LogP contribution in [0.4, 0.5) is 0 Å². The topological polar surface area (TPSA) is 80.3 Å². The van der Waals surface area contributed by atoms with Gasteiger partial charge in [0, 0.05) is 32.0 Å². The summed E-state index contributed by atoms with van der Waals surface area (Å²) in [7, 11) is 3.14. The molecule has 36 heavy (non-hydrogen) atoms. The minimum absolute atomic E-state index is 0.0448. The minimum atomic E-state index is -0.784. The molecule has 1 fully saturated rings. The zero-order chi connectivity index (χ0) is 26.2. The lowest BCUT2D eigenvalue weighted by molar-refractivity contribution is -0.234. The highest BCUT2D eigenvalue weighted by atomic mass is 32.2. The Morgan fingerprint density at radius 2 is 1.50 bits per heavy atom. The molecule has 1 aromatic rings. The molecule has 8 heteroatoms. The van der Waals surface area contributed by atoms with E-state index in [4.69, 9.17) is 23.7 Å². The Hall–Kier alpha value is -2.13. The normalized spacial score (nSPS) is 23.6. The van der Waals surface area contributed by atoms with Crippen LogP contribution in [0, 0.1) is 0 Å². The lowest BCUT2D eigenvalue weighted by Crippen LogP contribution is -2.60. The Morgan fingerprint density at radius 1 is 0.889 bits per heavy atom. The number of hydrogen-bond acceptors (Lipinski definition) is 8. The number of methoxy groups -OCH3 is 2. The fraction of sp³-hybridized carbons (Fsp3) is 0.571. The first-order valence-corrected chi connectivity index (χ1v) is 13.4. The van der Waals surface area contributed by atoms with Gasteiger partial charge in [-0.05, 0) is 50.7 Å². The predicted molar refractivity (Wildman–Crippen MR) is 141 cm³/mol. The highest BCUT2D eigenvalue weighted by molar-refractivity contribution is 7.99. The predicted octanol–water partition coefficient (Wildman–Crippen LogP) is 5.48. The van der Waals surface area contributed by atoms with E-state index in [2.05, 4.69) is 13.2 Å². The number of allylic oxidation sites excluding steroid dienone is 2. The van der Waals surface area contributed by atoms with Crippen LogP contribution >= 0.6 is 11.8 Å². The zero-order valence-corrected chi connectivity index (χ0v) is 22.3. The molecular formula is C28H40O7S. The number of thioether (sulfide) groups is 1. The van der Waals surface area contributed by atoms with E-state index in [0.29, 0.717) is 12.8 Å². The van der Waals surface area contributed by atoms with E-state index in [1.807, 2.05) is 42.5 Å². The van der Waals surface area contributed by atoms with Crippen LogP contribution in [0.15, 0.2) is 60.5 Å². The molecule has 0 aromatic heterocycles. The molecule has 2 rings (SSSR count). The van der Waals surface area contributed by atoms with Gasteiger partial charge in [-0.25, -0.2) is 0 Å². The van der Waals surface area contributed by atoms with Crippen molar-refractivity contribution < 1.29 is 33.3 Å². The summed E-state index contributed by atoms with van der Waals surface area (Å²) in [4.78, 5) is 26.0. The average molecular weight is 521 g/mol. The van der Waals surface area contributed by atoms with Crippen molar-refractivity contribution in [2.24, 2.45) is 0 Å². The molecule has 1 aliphatic heterocycles. The second-order valence-electron chi connectivity index (χ2n) is 8.58. The molecule has 0 amide bonds. The van der Waals surface area contributed by atoms with Crippen molar-refractivity contribution in [3.8, 4) is 0 Å². The summed E-state index contributed by atoms with van der Waals surface area (Å²) in [6.07, 6.45) is 6.51. The summed E-state index contributed by atoms with van der Waals surface area (Å²) >= 11 is 1.49. The summed E-state index contributed by atoms with van der Waals surface area (Å²) in [5.41, 5.74) is -0.457. The van der Waals surface area contributed by atoms with Gasteiger partial charge in [-0.15, -0.1) is 13.2 Å². The van der Waals surface area contributed by atoms with Gasteiger partial charge < -0.3 is 23.7 Å². The van der Waals surface area contributed by atoms with Crippen LogP contribution in [0.5, 0.6) is 0 Å². The summed E-state index contributed by atoms with van der Waals surface area (Å²) in [5.74, 6) is -0.660. The Balaban J connectivity index is 2.13. The Morgan fingerprint density at radius 3 is 2.08 bits per heavy atom. The van der Waals surface area contributed by atoms with Crippen molar-refractivity contribution in [3.05, 3.63) is 55.6 Å². The molecule has 0 spiro atoms. The molecule has 1 aromatic carbocycles. The van der Waals surface area contributed by atoms with Gasteiger partial charge in [0.2, 0.25) is 0 Å². The summed E-state index contributed by atoms with van der Waals surface area (Å²) in [6.45, 7) is 7.36. The molecule has 5 atom stereocenters. The van der Waals surface area contributed by atoms with E-state index in [-0.39, 0.29) is 25.0 Å². The first-order valence-electron chi connectivity index (χ1n) is 12.5. The Kier molecular flexibility index (Phi) is 14.5. The van der Waals surface area contributed by atoms with Crippen LogP contribution < -0.4 is 0 Å². The van der Waals surface area contributed by atoms with Gasteiger partial charge in [-0.1, -0.05) is 42.1 Å². The maximum Gasteiger partial charge on any atom is 0.306 e. The van der Waals surface area contributed by atoms with Crippen molar-refractivity contribution >= 4 is 23.7 Å². The molecule has 0 aliphatic carbocycles. The molecular weight excluding hydrogens is 480 g/mol. The first-order chi connectivity index (χ1) is 17.5. The quantitative estimate of drug-likeness (QED) is 0.152. The summed E-state index contributed by atoms with van der Waals surface area (Å²) < 4.78 is 29.3. The number of carbonyl (C=O) groups excluding carboxylic acids is 2. The molecule has 0 saturated carbocycles. The van der Waals surface area contributed by atoms with Crippen LogP contribution in [0.2, 0.25) is 0 Å². The minimum Gasteiger partial charge on any atom is -0.463 e. The molecule has 1 heterocycles. The number of hydrogen-bond donors (Lipinski definition) is 0. The molecule has 0 bridgehead atoms. The molecule has 1 aliphatic rings. The molecule has 7 nitrogen and oxygen atoms in total. The van der Waals surface area contributed by atoms with Crippen molar-refractivity contribution in [2.75, 3.05) is 20.8 Å². The van der Waals surface area contributed by atoms with E-state index in [1.165, 1.54) is 11.8 Å². The zero-order valence-electron chi connectivity index (χ0n) is 21.5. The smallest absolute Gasteiger partial charge is 0.306 e. The van der Waals surface area contributed by atoms with E-state index < -0.39 is 29.9 Å². The van der Waals surface area contributed by atoms with Crippen LogP contribution in [0.1, 0.15) is 51.4 Å². The standard InChI is InChI=1S/C28H40O7S/c1-5-7-9-14-18-23(29)33-20-22-25(35-24(30)19-15-10-8-6-2)26(31-3)27(32-4)28(34-22)36-21-16-12-11-13-17-21/h5-6,11-13,16-17,22,25-28H,1-2,7-10,14-15,18-20H2,3-4H3/t22?,25-,26+,27-,28+/m1/s1. The van der Waals surface area contributed by atoms with Gasteiger partial charge in [0.1, 0.15) is 30.4 Å². The largest absolute Gasteiger partial charge is 0.463 e. The van der Waals surface area contributed by atoms with E-state index in [0.717, 1.165) is 37.0 Å². The van der Waals surface area contributed by atoms with Gasteiger partial charge in [0.15, 0.2) is 6.10 Å². The van der Waals surface area contributed by atoms with Gasteiger partial charge in [-0.3, -0.25) is 9.59 Å². The maximum absolute atomic E-state index is 12.7. The van der Waals surface area contributed by atoms with Crippen molar-refractivity contribution in [3.63, 3.8) is 0 Å². The van der Waals surface area contributed by atoms with E-state index >= 15 is 0 Å². The first kappa shape index (κ1) is 30.1. The van der Waals surface area contributed by atoms with Crippen molar-refractivity contribution in [2.45, 2.75) is 86.1 Å². The fourth-order valence-electron chi connectivity index (χ4n) is 3.97.